The van der Waals surface area contributed by atoms with Crippen molar-refractivity contribution in [3.05, 3.63) is 89.0 Å². The molecule has 8 heteroatoms. The largest absolute Gasteiger partial charge is 0.497 e. The molecule has 0 spiro atoms. The number of ether oxygens (including phenoxy) is 4. The topological polar surface area (TPSA) is 116 Å². The van der Waals surface area contributed by atoms with Crippen LogP contribution in [0, 0.1) is 5.41 Å². The molecule has 3 rings (SSSR count). The number of methoxy groups -OCH3 is 2. The summed E-state index contributed by atoms with van der Waals surface area (Å²) in [7, 11) is 3.12. The molecule has 0 fully saturated rings. The van der Waals surface area contributed by atoms with Crippen LogP contribution >= 0.6 is 0 Å². The van der Waals surface area contributed by atoms with Crippen LogP contribution in [0.3, 0.4) is 0 Å². The zero-order chi connectivity index (χ0) is 23.6. The number of hydrogen-bond donors (Lipinski definition) is 3. The lowest BCUT2D eigenvalue weighted by Crippen LogP contribution is -2.31. The number of carbonyl (C=O) groups excluding carboxylic acids is 1. The molecule has 4 N–H and O–H groups in total. The summed E-state index contributed by atoms with van der Waals surface area (Å²) in [6.07, 6.45) is -0.728. The minimum atomic E-state index is -0.728. The van der Waals surface area contributed by atoms with Crippen molar-refractivity contribution in [1.82, 2.24) is 5.32 Å². The van der Waals surface area contributed by atoms with Crippen LogP contribution in [0.2, 0.25) is 0 Å². The normalized spacial score (nSPS) is 10.3. The maximum Gasteiger partial charge on any atom is 0.413 e. The monoisotopic (exact) mass is 449 g/mol. The third-order valence-electron chi connectivity index (χ3n) is 4.86. The Kier molecular flexibility index (Phi) is 8.26. The molecule has 33 heavy (non-hydrogen) atoms. The average Bonchev–Trinajstić information content (AvgIpc) is 2.86. The van der Waals surface area contributed by atoms with Gasteiger partial charge >= 0.3 is 6.09 Å². The van der Waals surface area contributed by atoms with E-state index < -0.39 is 6.09 Å². The Bertz CT molecular complexity index is 1080. The van der Waals surface area contributed by atoms with Crippen LogP contribution in [0.5, 0.6) is 17.2 Å². The number of nitrogens with two attached hydrogens (primary N) is 1. The first kappa shape index (κ1) is 23.6. The summed E-state index contributed by atoms with van der Waals surface area (Å²) in [6.45, 7) is 0.868. The zero-order valence-electron chi connectivity index (χ0n) is 18.6. The molecule has 0 aliphatic heterocycles. The van der Waals surface area contributed by atoms with Gasteiger partial charge in [0.15, 0.2) is 11.5 Å². The number of nitrogens with one attached hydrogen (secondary N) is 2. The van der Waals surface area contributed by atoms with Crippen molar-refractivity contribution in [2.24, 2.45) is 5.73 Å². The first-order valence-corrected chi connectivity index (χ1v) is 10.3. The van der Waals surface area contributed by atoms with Crippen molar-refractivity contribution in [3.63, 3.8) is 0 Å². The van der Waals surface area contributed by atoms with Gasteiger partial charge in [0.05, 0.1) is 14.2 Å². The molecule has 172 valence electrons. The lowest BCUT2D eigenvalue weighted by molar-refractivity contribution is 0.145. The minimum Gasteiger partial charge on any atom is -0.497 e. The molecule has 0 unspecified atom stereocenters. The summed E-state index contributed by atoms with van der Waals surface area (Å²) < 4.78 is 21.6. The molecule has 3 aromatic rings. The lowest BCUT2D eigenvalue weighted by atomic mass is 10.1. The van der Waals surface area contributed by atoms with Gasteiger partial charge in [0.25, 0.3) is 0 Å². The van der Waals surface area contributed by atoms with Gasteiger partial charge < -0.3 is 24.7 Å². The number of amides is 1. The maximum atomic E-state index is 12.1. The summed E-state index contributed by atoms with van der Waals surface area (Å²) in [6, 6.07) is 19.9. The predicted octanol–water partition coefficient (Wildman–Crippen LogP) is 3.99. The Morgan fingerprint density at radius 1 is 0.848 bits per heavy atom. The Morgan fingerprint density at radius 2 is 1.48 bits per heavy atom. The molecule has 0 aromatic heterocycles. The van der Waals surface area contributed by atoms with Crippen LogP contribution in [0.4, 0.5) is 4.79 Å². The highest BCUT2D eigenvalue weighted by Gasteiger charge is 2.13. The second kappa shape index (κ2) is 11.5. The molecular weight excluding hydrogens is 422 g/mol. The van der Waals surface area contributed by atoms with Gasteiger partial charge in [-0.2, -0.15) is 0 Å². The van der Waals surface area contributed by atoms with Crippen molar-refractivity contribution in [3.8, 4) is 17.2 Å². The smallest absolute Gasteiger partial charge is 0.413 e. The first-order valence-electron chi connectivity index (χ1n) is 10.3. The molecule has 0 saturated carbocycles. The molecule has 8 nitrogen and oxygen atoms in total. The van der Waals surface area contributed by atoms with E-state index in [-0.39, 0.29) is 12.4 Å². The number of rotatable bonds is 9. The molecule has 0 aliphatic carbocycles. The molecule has 0 atom stereocenters. The van der Waals surface area contributed by atoms with Gasteiger partial charge in [0.2, 0.25) is 0 Å². The maximum absolute atomic E-state index is 12.1. The van der Waals surface area contributed by atoms with E-state index in [1.165, 1.54) is 7.11 Å². The van der Waals surface area contributed by atoms with Gasteiger partial charge in [0.1, 0.15) is 24.8 Å². The number of hydrogen-bond acceptors (Lipinski definition) is 7. The van der Waals surface area contributed by atoms with E-state index in [0.29, 0.717) is 30.2 Å². The average molecular weight is 450 g/mol. The SMILES string of the molecule is COc1ccc(COC(=O)NC(=N)c2ccc(OC)c(OCc3ccc(CN)cc3)c2)cc1. The van der Waals surface area contributed by atoms with Crippen molar-refractivity contribution < 1.29 is 23.7 Å². The van der Waals surface area contributed by atoms with E-state index in [0.717, 1.165) is 22.4 Å². The summed E-state index contributed by atoms with van der Waals surface area (Å²) in [5.41, 5.74) is 8.89. The first-order chi connectivity index (χ1) is 16.0. The highest BCUT2D eigenvalue weighted by Crippen LogP contribution is 2.29. The van der Waals surface area contributed by atoms with Crippen molar-refractivity contribution >= 4 is 11.9 Å². The number of alkyl carbamates (subject to hydrolysis) is 1. The molecule has 0 bridgehead atoms. The van der Waals surface area contributed by atoms with E-state index in [9.17, 15) is 4.79 Å². The van der Waals surface area contributed by atoms with Crippen LogP contribution < -0.4 is 25.3 Å². The summed E-state index contributed by atoms with van der Waals surface area (Å²) >= 11 is 0. The second-order valence-corrected chi connectivity index (χ2v) is 7.10. The van der Waals surface area contributed by atoms with Crippen LogP contribution in [0.15, 0.2) is 66.7 Å². The molecular formula is C25H27N3O5. The number of amidine groups is 1. The van der Waals surface area contributed by atoms with Crippen molar-refractivity contribution in [2.75, 3.05) is 14.2 Å². The van der Waals surface area contributed by atoms with E-state index in [2.05, 4.69) is 5.32 Å². The van der Waals surface area contributed by atoms with Crippen LogP contribution in [0.1, 0.15) is 22.3 Å². The van der Waals surface area contributed by atoms with Gasteiger partial charge in [-0.05, 0) is 47.0 Å². The van der Waals surface area contributed by atoms with E-state index in [4.69, 9.17) is 30.1 Å². The third kappa shape index (κ3) is 6.72. The van der Waals surface area contributed by atoms with Crippen LogP contribution in [0.25, 0.3) is 0 Å². The number of carbonyl (C=O) groups is 1. The fraction of sp³-hybridized carbons (Fsp3) is 0.200. The quantitative estimate of drug-likeness (QED) is 0.336. The Morgan fingerprint density at radius 3 is 2.12 bits per heavy atom. The minimum absolute atomic E-state index is 0.0724. The Balaban J connectivity index is 1.59. The van der Waals surface area contributed by atoms with E-state index in [1.54, 1.807) is 49.6 Å². The Labute approximate surface area is 192 Å². The fourth-order valence-electron chi connectivity index (χ4n) is 2.96. The summed E-state index contributed by atoms with van der Waals surface area (Å²) in [5.74, 6) is 1.58. The van der Waals surface area contributed by atoms with Crippen LogP contribution in [-0.4, -0.2) is 26.1 Å². The number of benzene rings is 3. The fourth-order valence-corrected chi connectivity index (χ4v) is 2.96. The highest BCUT2D eigenvalue weighted by atomic mass is 16.5. The second-order valence-electron chi connectivity index (χ2n) is 7.10. The summed E-state index contributed by atoms with van der Waals surface area (Å²) in [4.78, 5) is 12.1. The Hall–Kier alpha value is -4.04. The van der Waals surface area contributed by atoms with Gasteiger partial charge in [-0.1, -0.05) is 36.4 Å². The van der Waals surface area contributed by atoms with Crippen LogP contribution in [-0.2, 0) is 24.5 Å². The molecule has 1 amide bonds. The van der Waals surface area contributed by atoms with Crippen molar-refractivity contribution in [1.29, 1.82) is 5.41 Å². The third-order valence-corrected chi connectivity index (χ3v) is 4.86. The molecule has 0 aliphatic rings. The highest BCUT2D eigenvalue weighted by molar-refractivity contribution is 6.04. The van der Waals surface area contributed by atoms with Gasteiger partial charge in [0, 0.05) is 12.1 Å². The standard InChI is InChI=1S/C25H27N3O5/c1-30-21-10-7-19(8-11-21)16-33-25(29)28-24(27)20-9-12-22(31-2)23(13-20)32-15-18-5-3-17(14-26)4-6-18/h3-13H,14-16,26H2,1-2H3,(H2,27,28,29). The van der Waals surface area contributed by atoms with Gasteiger partial charge in [-0.25, -0.2) is 4.79 Å². The predicted molar refractivity (Wildman–Crippen MR) is 125 cm³/mol. The van der Waals surface area contributed by atoms with E-state index >= 15 is 0 Å². The van der Waals surface area contributed by atoms with Gasteiger partial charge in [-0.15, -0.1) is 0 Å². The lowest BCUT2D eigenvalue weighted by Gasteiger charge is -2.14. The van der Waals surface area contributed by atoms with Gasteiger partial charge in [-0.3, -0.25) is 10.7 Å². The van der Waals surface area contributed by atoms with E-state index in [1.807, 2.05) is 24.3 Å². The molecule has 3 aromatic carbocycles. The molecule has 0 heterocycles. The molecule has 0 radical (unpaired) electrons. The zero-order valence-corrected chi connectivity index (χ0v) is 18.6. The molecule has 0 saturated heterocycles. The van der Waals surface area contributed by atoms with Crippen molar-refractivity contribution in [2.45, 2.75) is 19.8 Å². The summed E-state index contributed by atoms with van der Waals surface area (Å²) in [5, 5.41) is 10.7.